The number of aromatic nitrogens is 2. The number of hydrogen-bond donors (Lipinski definition) is 1. The first-order valence-electron chi connectivity index (χ1n) is 10.1. The van der Waals surface area contributed by atoms with Gasteiger partial charge in [0.25, 0.3) is 11.8 Å². The van der Waals surface area contributed by atoms with Crippen LogP contribution in [0.2, 0.25) is 0 Å². The molecular weight excluding hydrogens is 380 g/mol. The van der Waals surface area contributed by atoms with E-state index in [0.717, 1.165) is 11.1 Å². The highest BCUT2D eigenvalue weighted by Gasteiger charge is 2.30. The second kappa shape index (κ2) is 8.49. The zero-order chi connectivity index (χ0) is 21.1. The van der Waals surface area contributed by atoms with Gasteiger partial charge in [0.2, 0.25) is 0 Å². The molecule has 3 aromatic rings. The molecule has 4 rings (SSSR count). The van der Waals surface area contributed by atoms with Crippen LogP contribution in [0.25, 0.3) is 11.3 Å². The number of carbonyl (C=O) groups excluding carboxylic acids is 2. The molecule has 0 unspecified atom stereocenters. The molecule has 2 amide bonds. The number of benzene rings is 1. The van der Waals surface area contributed by atoms with Crippen LogP contribution in [0.5, 0.6) is 0 Å². The molecule has 1 saturated heterocycles. The van der Waals surface area contributed by atoms with Crippen molar-refractivity contribution >= 4 is 11.8 Å². The summed E-state index contributed by atoms with van der Waals surface area (Å²) >= 11 is 0. The quantitative estimate of drug-likeness (QED) is 0.720. The van der Waals surface area contributed by atoms with Gasteiger partial charge in [0.1, 0.15) is 17.0 Å². The third-order valence-corrected chi connectivity index (χ3v) is 5.52. The maximum Gasteiger partial charge on any atom is 0.259 e. The fourth-order valence-corrected chi connectivity index (χ4v) is 3.80. The number of hydrogen-bond acceptors (Lipinski definition) is 5. The van der Waals surface area contributed by atoms with Crippen molar-refractivity contribution in [2.45, 2.75) is 32.7 Å². The summed E-state index contributed by atoms with van der Waals surface area (Å²) in [7, 11) is 0. The predicted octanol–water partition coefficient (Wildman–Crippen LogP) is 3.39. The van der Waals surface area contributed by atoms with Crippen LogP contribution in [0.15, 0.2) is 53.3 Å². The Morgan fingerprint density at radius 2 is 1.87 bits per heavy atom. The van der Waals surface area contributed by atoms with E-state index in [1.54, 1.807) is 30.3 Å². The minimum atomic E-state index is -0.101. The van der Waals surface area contributed by atoms with Crippen molar-refractivity contribution in [3.63, 3.8) is 0 Å². The van der Waals surface area contributed by atoms with Crippen molar-refractivity contribution in [2.75, 3.05) is 13.1 Å². The van der Waals surface area contributed by atoms with Crippen molar-refractivity contribution in [1.29, 1.82) is 0 Å². The molecular formula is C23H24N4O3. The molecule has 0 aliphatic carbocycles. The summed E-state index contributed by atoms with van der Waals surface area (Å²) in [6.45, 7) is 4.80. The molecule has 0 bridgehead atoms. The van der Waals surface area contributed by atoms with Crippen molar-refractivity contribution in [3.05, 3.63) is 71.2 Å². The number of piperidine rings is 1. The average Bonchev–Trinajstić information content (AvgIpc) is 3.16. The average molecular weight is 404 g/mol. The molecule has 2 aromatic heterocycles. The lowest BCUT2D eigenvalue weighted by atomic mass is 10.0. The van der Waals surface area contributed by atoms with Gasteiger partial charge < -0.3 is 14.7 Å². The second-order valence-corrected chi connectivity index (χ2v) is 7.56. The Labute approximate surface area is 175 Å². The first kappa shape index (κ1) is 19.8. The molecule has 1 aliphatic heterocycles. The van der Waals surface area contributed by atoms with Crippen LogP contribution in [0.1, 0.15) is 44.9 Å². The summed E-state index contributed by atoms with van der Waals surface area (Å²) in [6, 6.07) is 11.2. The monoisotopic (exact) mass is 404 g/mol. The van der Waals surface area contributed by atoms with Crippen LogP contribution in [0.4, 0.5) is 0 Å². The summed E-state index contributed by atoms with van der Waals surface area (Å²) in [5.74, 6) is 0.330. The van der Waals surface area contributed by atoms with Gasteiger partial charge in [-0.05, 0) is 50.5 Å². The zero-order valence-corrected chi connectivity index (χ0v) is 17.1. The Balaban J connectivity index is 1.42. The summed E-state index contributed by atoms with van der Waals surface area (Å²) in [6.07, 6.45) is 4.75. The first-order valence-corrected chi connectivity index (χ1v) is 10.1. The van der Waals surface area contributed by atoms with Gasteiger partial charge in [-0.2, -0.15) is 0 Å². The van der Waals surface area contributed by atoms with Gasteiger partial charge in [-0.1, -0.05) is 23.4 Å². The number of nitrogens with zero attached hydrogens (tertiary/aromatic N) is 3. The summed E-state index contributed by atoms with van der Waals surface area (Å²) < 4.78 is 5.31. The van der Waals surface area contributed by atoms with E-state index in [1.165, 1.54) is 0 Å². The minimum Gasteiger partial charge on any atom is -0.360 e. The normalized spacial score (nSPS) is 14.5. The van der Waals surface area contributed by atoms with Gasteiger partial charge in [0, 0.05) is 42.7 Å². The first-order chi connectivity index (χ1) is 14.5. The lowest BCUT2D eigenvalue weighted by Crippen LogP contribution is -2.46. The number of likely N-dealkylation sites (tertiary alicyclic amines) is 1. The predicted molar refractivity (Wildman–Crippen MR) is 112 cm³/mol. The number of carbonyl (C=O) groups is 2. The van der Waals surface area contributed by atoms with Gasteiger partial charge in [0.05, 0.1) is 0 Å². The number of aryl methyl sites for hydroxylation is 2. The van der Waals surface area contributed by atoms with Crippen LogP contribution in [0, 0.1) is 13.8 Å². The number of nitrogens with one attached hydrogen (secondary N) is 1. The molecule has 3 heterocycles. The molecule has 7 heteroatoms. The molecule has 30 heavy (non-hydrogen) atoms. The Morgan fingerprint density at radius 3 is 2.57 bits per heavy atom. The Morgan fingerprint density at radius 1 is 1.10 bits per heavy atom. The van der Waals surface area contributed by atoms with Crippen molar-refractivity contribution in [1.82, 2.24) is 20.4 Å². The van der Waals surface area contributed by atoms with Crippen LogP contribution < -0.4 is 5.32 Å². The van der Waals surface area contributed by atoms with Crippen LogP contribution in [-0.4, -0.2) is 46.0 Å². The fourth-order valence-electron chi connectivity index (χ4n) is 3.80. The van der Waals surface area contributed by atoms with Gasteiger partial charge in [-0.25, -0.2) is 0 Å². The molecule has 0 radical (unpaired) electrons. The SMILES string of the molecule is Cc1ccccc1C(=O)NC1CCN(C(=O)c2c(-c3cccnc3)noc2C)CC1. The van der Waals surface area contributed by atoms with Crippen molar-refractivity contribution < 1.29 is 14.1 Å². The third-order valence-electron chi connectivity index (χ3n) is 5.52. The van der Waals surface area contributed by atoms with E-state index in [2.05, 4.69) is 15.5 Å². The molecule has 0 saturated carbocycles. The highest BCUT2D eigenvalue weighted by molar-refractivity contribution is 6.01. The maximum atomic E-state index is 13.2. The van der Waals surface area contributed by atoms with Gasteiger partial charge in [0.15, 0.2) is 0 Å². The van der Waals surface area contributed by atoms with E-state index in [0.29, 0.717) is 48.5 Å². The Kier molecular flexibility index (Phi) is 5.61. The minimum absolute atomic E-state index is 0.0440. The molecule has 0 atom stereocenters. The van der Waals surface area contributed by atoms with Crippen LogP contribution in [-0.2, 0) is 0 Å². The van der Waals surface area contributed by atoms with Crippen LogP contribution >= 0.6 is 0 Å². The van der Waals surface area contributed by atoms with E-state index < -0.39 is 0 Å². The maximum absolute atomic E-state index is 13.2. The number of amides is 2. The molecule has 154 valence electrons. The summed E-state index contributed by atoms with van der Waals surface area (Å²) in [5, 5.41) is 7.18. The second-order valence-electron chi connectivity index (χ2n) is 7.56. The van der Waals surface area contributed by atoms with Gasteiger partial charge >= 0.3 is 0 Å². The van der Waals surface area contributed by atoms with E-state index in [-0.39, 0.29) is 17.9 Å². The largest absolute Gasteiger partial charge is 0.360 e. The smallest absolute Gasteiger partial charge is 0.259 e. The summed E-state index contributed by atoms with van der Waals surface area (Å²) in [5.41, 5.74) is 3.38. The van der Waals surface area contributed by atoms with E-state index in [1.807, 2.05) is 37.3 Å². The van der Waals surface area contributed by atoms with Gasteiger partial charge in [-0.15, -0.1) is 0 Å². The van der Waals surface area contributed by atoms with Crippen LogP contribution in [0.3, 0.4) is 0 Å². The highest BCUT2D eigenvalue weighted by Crippen LogP contribution is 2.27. The Hall–Kier alpha value is -3.48. The zero-order valence-electron chi connectivity index (χ0n) is 17.1. The van der Waals surface area contributed by atoms with E-state index >= 15 is 0 Å². The Bertz CT molecular complexity index is 1050. The van der Waals surface area contributed by atoms with Crippen molar-refractivity contribution in [3.8, 4) is 11.3 Å². The number of pyridine rings is 1. The molecule has 1 fully saturated rings. The summed E-state index contributed by atoms with van der Waals surface area (Å²) in [4.78, 5) is 31.7. The topological polar surface area (TPSA) is 88.3 Å². The lowest BCUT2D eigenvalue weighted by molar-refractivity contribution is 0.0697. The molecule has 1 N–H and O–H groups in total. The fraction of sp³-hybridized carbons (Fsp3) is 0.304. The molecule has 1 aromatic carbocycles. The van der Waals surface area contributed by atoms with Crippen molar-refractivity contribution in [2.24, 2.45) is 0 Å². The van der Waals surface area contributed by atoms with Gasteiger partial charge in [-0.3, -0.25) is 14.6 Å². The highest BCUT2D eigenvalue weighted by atomic mass is 16.5. The van der Waals surface area contributed by atoms with E-state index in [4.69, 9.17) is 4.52 Å². The lowest BCUT2D eigenvalue weighted by Gasteiger charge is -2.32. The standard InChI is InChI=1S/C23H24N4O3/c1-15-6-3-4-8-19(15)22(28)25-18-9-12-27(13-10-18)23(29)20-16(2)30-26-21(20)17-7-5-11-24-14-17/h3-8,11,14,18H,9-10,12-13H2,1-2H3,(H,25,28). The molecule has 0 spiro atoms. The van der Waals surface area contributed by atoms with E-state index in [9.17, 15) is 9.59 Å². The molecule has 7 nitrogen and oxygen atoms in total. The third kappa shape index (κ3) is 3.96. The number of rotatable bonds is 4. The molecule has 1 aliphatic rings.